The zero-order valence-electron chi connectivity index (χ0n) is 6.52. The first-order valence-corrected chi connectivity index (χ1v) is 3.49. The fourth-order valence-electron chi connectivity index (χ4n) is 1.22. The fourth-order valence-corrected chi connectivity index (χ4v) is 1.22. The van der Waals surface area contributed by atoms with Gasteiger partial charge in [-0.15, -0.1) is 0 Å². The molecule has 1 atom stereocenters. The van der Waals surface area contributed by atoms with Gasteiger partial charge >= 0.3 is 0 Å². The van der Waals surface area contributed by atoms with Gasteiger partial charge in [0, 0.05) is 0 Å². The summed E-state index contributed by atoms with van der Waals surface area (Å²) in [4.78, 5) is 0. The third-order valence-electron chi connectivity index (χ3n) is 1.82. The molecule has 1 aliphatic rings. The highest BCUT2D eigenvalue weighted by Gasteiger charge is 2.20. The van der Waals surface area contributed by atoms with Crippen molar-refractivity contribution in [2.75, 3.05) is 0 Å². The minimum Gasteiger partial charge on any atom is -0.271 e. The summed E-state index contributed by atoms with van der Waals surface area (Å²) >= 11 is 0. The molecule has 0 aliphatic heterocycles. The van der Waals surface area contributed by atoms with Crippen LogP contribution in [0.2, 0.25) is 0 Å². The second-order valence-electron chi connectivity index (χ2n) is 3.11. The average molecular weight is 138 g/mol. The Morgan fingerprint density at radius 2 is 2.40 bits per heavy atom. The number of rotatable bonds is 1. The third-order valence-corrected chi connectivity index (χ3v) is 1.82. The molecule has 0 amide bonds. The molecule has 1 unspecified atom stereocenters. The van der Waals surface area contributed by atoms with E-state index in [1.54, 1.807) is 0 Å². The van der Waals surface area contributed by atoms with Gasteiger partial charge in [0.05, 0.1) is 5.54 Å². The molecule has 3 N–H and O–H groups in total. The number of hydrogen-bond donors (Lipinski definition) is 2. The molecule has 56 valence electrons. The number of nitrogens with two attached hydrogens (primary N) is 1. The Hall–Kier alpha value is -0.600. The fraction of sp³-hybridized carbons (Fsp3) is 0.500. The van der Waals surface area contributed by atoms with E-state index in [9.17, 15) is 0 Å². The van der Waals surface area contributed by atoms with Crippen molar-refractivity contribution in [1.82, 2.24) is 5.43 Å². The monoisotopic (exact) mass is 138 g/mol. The minimum atomic E-state index is -0.0289. The molecule has 0 spiro atoms. The normalized spacial score (nSPS) is 32.1. The highest BCUT2D eigenvalue weighted by molar-refractivity contribution is 5.24. The van der Waals surface area contributed by atoms with Crippen LogP contribution < -0.4 is 11.3 Å². The van der Waals surface area contributed by atoms with E-state index in [0.717, 1.165) is 6.42 Å². The highest BCUT2D eigenvalue weighted by Crippen LogP contribution is 2.20. The van der Waals surface area contributed by atoms with Crippen molar-refractivity contribution in [3.8, 4) is 0 Å². The molecule has 1 rings (SSSR count). The number of nitrogens with one attached hydrogen (secondary N) is 1. The predicted octanol–water partition coefficient (Wildman–Crippen LogP) is 1.11. The average Bonchev–Trinajstić information content (AvgIpc) is 1.88. The van der Waals surface area contributed by atoms with Crippen molar-refractivity contribution >= 4 is 0 Å². The molecule has 0 aromatic rings. The summed E-state index contributed by atoms with van der Waals surface area (Å²) in [5.41, 5.74) is 4.12. The Bertz CT molecular complexity index is 182. The Labute approximate surface area is 61.8 Å². The SMILES string of the molecule is CC1=CC=CC(C)(NN)C1. The largest absolute Gasteiger partial charge is 0.271 e. The van der Waals surface area contributed by atoms with Crippen molar-refractivity contribution in [2.24, 2.45) is 5.84 Å². The molecule has 0 radical (unpaired) electrons. The van der Waals surface area contributed by atoms with Gasteiger partial charge in [-0.2, -0.15) is 0 Å². The number of hydrazine groups is 1. The Balaban J connectivity index is 2.71. The van der Waals surface area contributed by atoms with Gasteiger partial charge in [-0.05, 0) is 20.3 Å². The molecular weight excluding hydrogens is 124 g/mol. The molecule has 1 aliphatic carbocycles. The lowest BCUT2D eigenvalue weighted by Crippen LogP contribution is -2.45. The predicted molar refractivity (Wildman–Crippen MR) is 43.2 cm³/mol. The number of hydrogen-bond acceptors (Lipinski definition) is 2. The summed E-state index contributed by atoms with van der Waals surface area (Å²) in [6.07, 6.45) is 7.23. The Kier molecular flexibility index (Phi) is 1.92. The van der Waals surface area contributed by atoms with E-state index < -0.39 is 0 Å². The topological polar surface area (TPSA) is 38.0 Å². The molecular formula is C8H14N2. The molecule has 0 bridgehead atoms. The minimum absolute atomic E-state index is 0.0289. The summed E-state index contributed by atoms with van der Waals surface area (Å²) in [5.74, 6) is 5.37. The van der Waals surface area contributed by atoms with Gasteiger partial charge < -0.3 is 0 Å². The van der Waals surface area contributed by atoms with Gasteiger partial charge in [0.1, 0.15) is 0 Å². The maximum atomic E-state index is 5.37. The molecule has 0 heterocycles. The molecule has 0 aromatic heterocycles. The van der Waals surface area contributed by atoms with E-state index in [0.29, 0.717) is 0 Å². The van der Waals surface area contributed by atoms with Gasteiger partial charge in [0.2, 0.25) is 0 Å². The van der Waals surface area contributed by atoms with E-state index in [4.69, 9.17) is 5.84 Å². The zero-order valence-corrected chi connectivity index (χ0v) is 6.52. The molecule has 2 heteroatoms. The van der Waals surface area contributed by atoms with Crippen molar-refractivity contribution in [3.05, 3.63) is 23.8 Å². The van der Waals surface area contributed by atoms with E-state index in [1.807, 2.05) is 6.08 Å². The summed E-state index contributed by atoms with van der Waals surface area (Å²) in [6, 6.07) is 0. The Morgan fingerprint density at radius 3 is 2.80 bits per heavy atom. The first-order valence-electron chi connectivity index (χ1n) is 3.49. The summed E-state index contributed by atoms with van der Waals surface area (Å²) in [6.45, 7) is 4.19. The van der Waals surface area contributed by atoms with Crippen LogP contribution in [0, 0.1) is 0 Å². The molecule has 0 fully saturated rings. The molecule has 0 aromatic carbocycles. The van der Waals surface area contributed by atoms with Crippen LogP contribution in [0.1, 0.15) is 20.3 Å². The van der Waals surface area contributed by atoms with Crippen molar-refractivity contribution in [2.45, 2.75) is 25.8 Å². The first-order chi connectivity index (χ1) is 4.66. The van der Waals surface area contributed by atoms with E-state index in [1.165, 1.54) is 5.57 Å². The van der Waals surface area contributed by atoms with Crippen LogP contribution in [-0.2, 0) is 0 Å². The smallest absolute Gasteiger partial charge is 0.0512 e. The van der Waals surface area contributed by atoms with Crippen LogP contribution in [0.3, 0.4) is 0 Å². The van der Waals surface area contributed by atoms with Gasteiger partial charge in [-0.1, -0.05) is 23.8 Å². The van der Waals surface area contributed by atoms with E-state index >= 15 is 0 Å². The molecule has 0 saturated heterocycles. The molecule has 10 heavy (non-hydrogen) atoms. The van der Waals surface area contributed by atoms with Crippen LogP contribution in [0.15, 0.2) is 23.8 Å². The summed E-state index contributed by atoms with van der Waals surface area (Å²) < 4.78 is 0. The standard InChI is InChI=1S/C8H14N2/c1-7-4-3-5-8(2,6-7)10-9/h3-5,10H,6,9H2,1-2H3. The molecule has 0 saturated carbocycles. The van der Waals surface area contributed by atoms with Crippen molar-refractivity contribution < 1.29 is 0 Å². The first kappa shape index (κ1) is 7.51. The lowest BCUT2D eigenvalue weighted by molar-refractivity contribution is 0.441. The second-order valence-corrected chi connectivity index (χ2v) is 3.11. The van der Waals surface area contributed by atoms with Gasteiger partial charge in [-0.25, -0.2) is 0 Å². The Morgan fingerprint density at radius 1 is 1.70 bits per heavy atom. The summed E-state index contributed by atoms with van der Waals surface area (Å²) in [7, 11) is 0. The lowest BCUT2D eigenvalue weighted by atomic mass is 9.90. The van der Waals surface area contributed by atoms with Crippen LogP contribution in [0.25, 0.3) is 0 Å². The summed E-state index contributed by atoms with van der Waals surface area (Å²) in [5, 5.41) is 0. The van der Waals surface area contributed by atoms with Crippen LogP contribution in [0.5, 0.6) is 0 Å². The van der Waals surface area contributed by atoms with Crippen molar-refractivity contribution in [3.63, 3.8) is 0 Å². The maximum Gasteiger partial charge on any atom is 0.0512 e. The highest BCUT2D eigenvalue weighted by atomic mass is 15.3. The van der Waals surface area contributed by atoms with Gasteiger partial charge in [0.15, 0.2) is 0 Å². The van der Waals surface area contributed by atoms with Crippen molar-refractivity contribution in [1.29, 1.82) is 0 Å². The third kappa shape index (κ3) is 1.46. The van der Waals surface area contributed by atoms with E-state index in [-0.39, 0.29) is 5.54 Å². The zero-order chi connectivity index (χ0) is 7.61. The van der Waals surface area contributed by atoms with Crippen LogP contribution in [0.4, 0.5) is 0 Å². The second kappa shape index (κ2) is 2.56. The molecule has 2 nitrogen and oxygen atoms in total. The number of allylic oxidation sites excluding steroid dienone is 2. The van der Waals surface area contributed by atoms with Gasteiger partial charge in [0.25, 0.3) is 0 Å². The van der Waals surface area contributed by atoms with E-state index in [2.05, 4.69) is 31.4 Å². The quantitative estimate of drug-likeness (QED) is 0.421. The van der Waals surface area contributed by atoms with Crippen LogP contribution >= 0.6 is 0 Å². The van der Waals surface area contributed by atoms with Gasteiger partial charge in [-0.3, -0.25) is 11.3 Å². The maximum absolute atomic E-state index is 5.37. The van der Waals surface area contributed by atoms with Crippen LogP contribution in [-0.4, -0.2) is 5.54 Å². The lowest BCUT2D eigenvalue weighted by Gasteiger charge is -2.27.